The molecule has 0 saturated heterocycles. The standard InChI is InChI=1S/C12H13Cl2N3/c1-2-17-8-15-6-10(17)7-16-9-3-4-11(13)12(14)5-9/h3-6,8,16H,2,7H2,1H3. The first-order valence-electron chi connectivity index (χ1n) is 5.38. The molecule has 1 N–H and O–H groups in total. The van der Waals surface area contributed by atoms with Crippen molar-refractivity contribution in [3.05, 3.63) is 46.5 Å². The van der Waals surface area contributed by atoms with Gasteiger partial charge in [-0.2, -0.15) is 0 Å². The molecule has 0 bridgehead atoms. The molecule has 1 aromatic carbocycles. The quantitative estimate of drug-likeness (QED) is 0.915. The Morgan fingerprint density at radius 1 is 1.29 bits per heavy atom. The van der Waals surface area contributed by atoms with Gasteiger partial charge in [0.1, 0.15) is 0 Å². The second-order valence-electron chi connectivity index (χ2n) is 3.65. The molecule has 0 fully saturated rings. The van der Waals surface area contributed by atoms with Gasteiger partial charge in [-0.3, -0.25) is 0 Å². The Kier molecular flexibility index (Phi) is 3.92. The highest BCUT2D eigenvalue weighted by molar-refractivity contribution is 6.42. The molecule has 0 unspecified atom stereocenters. The van der Waals surface area contributed by atoms with Crippen molar-refractivity contribution in [3.63, 3.8) is 0 Å². The first kappa shape index (κ1) is 12.3. The molecule has 0 saturated carbocycles. The lowest BCUT2D eigenvalue weighted by atomic mass is 10.3. The number of aromatic nitrogens is 2. The zero-order valence-electron chi connectivity index (χ0n) is 9.45. The van der Waals surface area contributed by atoms with Gasteiger partial charge in [-0.15, -0.1) is 0 Å². The van der Waals surface area contributed by atoms with Gasteiger partial charge in [0.2, 0.25) is 0 Å². The van der Waals surface area contributed by atoms with Crippen LogP contribution in [-0.2, 0) is 13.1 Å². The highest BCUT2D eigenvalue weighted by atomic mass is 35.5. The van der Waals surface area contributed by atoms with Crippen molar-refractivity contribution in [2.24, 2.45) is 0 Å². The van der Waals surface area contributed by atoms with Gasteiger partial charge < -0.3 is 9.88 Å². The van der Waals surface area contributed by atoms with Gasteiger partial charge in [0.15, 0.2) is 0 Å². The molecule has 5 heteroatoms. The van der Waals surface area contributed by atoms with Gasteiger partial charge in [-0.25, -0.2) is 4.98 Å². The zero-order valence-corrected chi connectivity index (χ0v) is 11.0. The predicted octanol–water partition coefficient (Wildman–Crippen LogP) is 3.82. The lowest BCUT2D eigenvalue weighted by Gasteiger charge is -2.09. The lowest BCUT2D eigenvalue weighted by molar-refractivity contribution is 0.719. The van der Waals surface area contributed by atoms with E-state index >= 15 is 0 Å². The molecule has 0 amide bonds. The van der Waals surface area contributed by atoms with Crippen LogP contribution >= 0.6 is 23.2 Å². The number of hydrogen-bond acceptors (Lipinski definition) is 2. The van der Waals surface area contributed by atoms with Crippen LogP contribution < -0.4 is 5.32 Å². The Morgan fingerprint density at radius 3 is 2.82 bits per heavy atom. The van der Waals surface area contributed by atoms with E-state index in [1.165, 1.54) is 0 Å². The molecule has 0 radical (unpaired) electrons. The van der Waals surface area contributed by atoms with E-state index in [1.54, 1.807) is 6.07 Å². The molecule has 0 spiro atoms. The van der Waals surface area contributed by atoms with Gasteiger partial charge in [0, 0.05) is 18.4 Å². The van der Waals surface area contributed by atoms with E-state index in [-0.39, 0.29) is 0 Å². The van der Waals surface area contributed by atoms with Crippen molar-refractivity contribution in [1.29, 1.82) is 0 Å². The minimum absolute atomic E-state index is 0.556. The highest BCUT2D eigenvalue weighted by Crippen LogP contribution is 2.25. The summed E-state index contributed by atoms with van der Waals surface area (Å²) < 4.78 is 2.09. The number of benzene rings is 1. The number of nitrogens with one attached hydrogen (secondary N) is 1. The number of nitrogens with zero attached hydrogens (tertiary/aromatic N) is 2. The first-order chi connectivity index (χ1) is 8.20. The molecule has 0 aliphatic rings. The SMILES string of the molecule is CCn1cncc1CNc1ccc(Cl)c(Cl)c1. The minimum Gasteiger partial charge on any atom is -0.379 e. The van der Waals surface area contributed by atoms with Crippen molar-refractivity contribution in [3.8, 4) is 0 Å². The van der Waals surface area contributed by atoms with Crippen LogP contribution in [0.25, 0.3) is 0 Å². The largest absolute Gasteiger partial charge is 0.379 e. The summed E-state index contributed by atoms with van der Waals surface area (Å²) in [6, 6.07) is 5.50. The fraction of sp³-hybridized carbons (Fsp3) is 0.250. The minimum atomic E-state index is 0.556. The van der Waals surface area contributed by atoms with Crippen LogP contribution in [0, 0.1) is 0 Å². The number of anilines is 1. The maximum Gasteiger partial charge on any atom is 0.0948 e. The summed E-state index contributed by atoms with van der Waals surface area (Å²) in [6.07, 6.45) is 3.68. The third kappa shape index (κ3) is 2.93. The fourth-order valence-electron chi connectivity index (χ4n) is 1.58. The third-order valence-electron chi connectivity index (χ3n) is 2.53. The summed E-state index contributed by atoms with van der Waals surface area (Å²) in [5.41, 5.74) is 2.09. The van der Waals surface area contributed by atoms with E-state index in [1.807, 2.05) is 24.7 Å². The Labute approximate surface area is 110 Å². The van der Waals surface area contributed by atoms with Gasteiger partial charge in [0.25, 0.3) is 0 Å². The monoisotopic (exact) mass is 269 g/mol. The normalized spacial score (nSPS) is 10.5. The van der Waals surface area contributed by atoms with Crippen LogP contribution in [0.3, 0.4) is 0 Å². The maximum absolute atomic E-state index is 5.94. The molecule has 0 aliphatic heterocycles. The Bertz CT molecular complexity index is 508. The maximum atomic E-state index is 5.94. The van der Waals surface area contributed by atoms with Crippen LogP contribution in [0.2, 0.25) is 10.0 Å². The molecule has 90 valence electrons. The number of aryl methyl sites for hydroxylation is 1. The molecule has 2 aromatic rings. The van der Waals surface area contributed by atoms with Crippen LogP contribution in [-0.4, -0.2) is 9.55 Å². The summed E-state index contributed by atoms with van der Waals surface area (Å²) in [5.74, 6) is 0. The van der Waals surface area contributed by atoms with Crippen LogP contribution in [0.4, 0.5) is 5.69 Å². The molecule has 0 atom stereocenters. The Hall–Kier alpha value is -1.19. The number of hydrogen-bond donors (Lipinski definition) is 1. The Morgan fingerprint density at radius 2 is 2.12 bits per heavy atom. The molecule has 3 nitrogen and oxygen atoms in total. The van der Waals surface area contributed by atoms with Crippen molar-refractivity contribution in [1.82, 2.24) is 9.55 Å². The van der Waals surface area contributed by atoms with Crippen LogP contribution in [0.15, 0.2) is 30.7 Å². The van der Waals surface area contributed by atoms with Gasteiger partial charge >= 0.3 is 0 Å². The summed E-state index contributed by atoms with van der Waals surface area (Å²) in [7, 11) is 0. The van der Waals surface area contributed by atoms with Gasteiger partial charge in [-0.1, -0.05) is 23.2 Å². The zero-order chi connectivity index (χ0) is 12.3. The predicted molar refractivity (Wildman–Crippen MR) is 71.7 cm³/mol. The van der Waals surface area contributed by atoms with Gasteiger partial charge in [0.05, 0.1) is 28.6 Å². The Balaban J connectivity index is 2.05. The van der Waals surface area contributed by atoms with E-state index in [0.29, 0.717) is 16.6 Å². The average Bonchev–Trinajstić information content (AvgIpc) is 2.78. The lowest BCUT2D eigenvalue weighted by Crippen LogP contribution is -2.05. The summed E-state index contributed by atoms with van der Waals surface area (Å²) in [5, 5.41) is 4.41. The average molecular weight is 270 g/mol. The number of rotatable bonds is 4. The van der Waals surface area contributed by atoms with Crippen molar-refractivity contribution >= 4 is 28.9 Å². The molecular formula is C12H13Cl2N3. The molecule has 17 heavy (non-hydrogen) atoms. The van der Waals surface area contributed by atoms with E-state index in [2.05, 4.69) is 21.8 Å². The van der Waals surface area contributed by atoms with Crippen molar-refractivity contribution < 1.29 is 0 Å². The topological polar surface area (TPSA) is 29.9 Å². The summed E-state index contributed by atoms with van der Waals surface area (Å²) in [4.78, 5) is 4.11. The molecule has 0 aliphatic carbocycles. The van der Waals surface area contributed by atoms with Crippen molar-refractivity contribution in [2.75, 3.05) is 5.32 Å². The number of imidazole rings is 1. The van der Waals surface area contributed by atoms with E-state index in [0.717, 1.165) is 17.9 Å². The van der Waals surface area contributed by atoms with E-state index < -0.39 is 0 Å². The van der Waals surface area contributed by atoms with Crippen LogP contribution in [0.5, 0.6) is 0 Å². The summed E-state index contributed by atoms with van der Waals surface area (Å²) >= 11 is 11.8. The number of halogens is 2. The first-order valence-corrected chi connectivity index (χ1v) is 6.14. The van der Waals surface area contributed by atoms with E-state index in [4.69, 9.17) is 23.2 Å². The fourth-order valence-corrected chi connectivity index (χ4v) is 1.88. The van der Waals surface area contributed by atoms with Crippen LogP contribution in [0.1, 0.15) is 12.6 Å². The van der Waals surface area contributed by atoms with E-state index in [9.17, 15) is 0 Å². The van der Waals surface area contributed by atoms with Gasteiger partial charge in [-0.05, 0) is 25.1 Å². The molecular weight excluding hydrogens is 257 g/mol. The second-order valence-corrected chi connectivity index (χ2v) is 4.47. The summed E-state index contributed by atoms with van der Waals surface area (Å²) in [6.45, 7) is 3.72. The molecule has 1 heterocycles. The smallest absolute Gasteiger partial charge is 0.0948 e. The third-order valence-corrected chi connectivity index (χ3v) is 3.27. The van der Waals surface area contributed by atoms with Crippen molar-refractivity contribution in [2.45, 2.75) is 20.0 Å². The second kappa shape index (κ2) is 5.43. The molecule has 2 rings (SSSR count). The highest BCUT2D eigenvalue weighted by Gasteiger charge is 2.02. The molecule has 1 aromatic heterocycles.